The Bertz CT molecular complexity index is 1120. The van der Waals surface area contributed by atoms with Crippen LogP contribution in [0.15, 0.2) is 53.0 Å². The van der Waals surface area contributed by atoms with Gasteiger partial charge in [-0.3, -0.25) is 14.9 Å². The molecular formula is C23H21BrN2O5. The molecule has 8 heteroatoms. The Hall–Kier alpha value is -3.39. The van der Waals surface area contributed by atoms with Gasteiger partial charge in [0.25, 0.3) is 11.8 Å². The molecule has 2 aromatic carbocycles. The highest BCUT2D eigenvalue weighted by Crippen LogP contribution is 2.35. The Kier molecular flexibility index (Phi) is 6.60. The maximum Gasteiger partial charge on any atom is 0.335 e. The molecule has 1 aliphatic rings. The number of anilines is 1. The third-order valence-electron chi connectivity index (χ3n) is 4.79. The SMILES string of the molecule is C=CCOc1cc(Br)c(C=C2C(=O)NC(=O)N(c3ccc(C)c(C)c3)C2=O)cc1OC. The summed E-state index contributed by atoms with van der Waals surface area (Å²) in [5.74, 6) is -0.590. The van der Waals surface area contributed by atoms with E-state index in [0.717, 1.165) is 16.0 Å². The molecule has 3 rings (SSSR count). The van der Waals surface area contributed by atoms with E-state index in [4.69, 9.17) is 9.47 Å². The summed E-state index contributed by atoms with van der Waals surface area (Å²) < 4.78 is 11.5. The van der Waals surface area contributed by atoms with Gasteiger partial charge in [0.2, 0.25) is 0 Å². The van der Waals surface area contributed by atoms with Crippen molar-refractivity contribution in [3.63, 3.8) is 0 Å². The molecule has 2 aromatic rings. The fourth-order valence-corrected chi connectivity index (χ4v) is 3.43. The largest absolute Gasteiger partial charge is 0.493 e. The summed E-state index contributed by atoms with van der Waals surface area (Å²) in [4.78, 5) is 38.9. The Morgan fingerprint density at radius 2 is 1.84 bits per heavy atom. The van der Waals surface area contributed by atoms with E-state index < -0.39 is 17.8 Å². The normalized spacial score (nSPS) is 15.2. The minimum absolute atomic E-state index is 0.180. The van der Waals surface area contributed by atoms with Crippen molar-refractivity contribution in [2.24, 2.45) is 0 Å². The van der Waals surface area contributed by atoms with E-state index in [2.05, 4.69) is 27.8 Å². The quantitative estimate of drug-likeness (QED) is 0.375. The molecule has 4 amide bonds. The number of barbiturate groups is 1. The van der Waals surface area contributed by atoms with Gasteiger partial charge in [-0.25, -0.2) is 9.69 Å². The minimum atomic E-state index is -0.791. The van der Waals surface area contributed by atoms with Crippen molar-refractivity contribution < 1.29 is 23.9 Å². The van der Waals surface area contributed by atoms with Crippen LogP contribution in [0, 0.1) is 13.8 Å². The zero-order valence-electron chi connectivity index (χ0n) is 17.3. The maximum absolute atomic E-state index is 13.1. The van der Waals surface area contributed by atoms with Gasteiger partial charge in [0.05, 0.1) is 12.8 Å². The number of rotatable bonds is 6. The van der Waals surface area contributed by atoms with Gasteiger partial charge in [-0.15, -0.1) is 0 Å². The minimum Gasteiger partial charge on any atom is -0.493 e. The number of nitrogens with one attached hydrogen (secondary N) is 1. The smallest absolute Gasteiger partial charge is 0.335 e. The second-order valence-electron chi connectivity index (χ2n) is 6.85. The van der Waals surface area contributed by atoms with Crippen molar-refractivity contribution in [1.82, 2.24) is 5.32 Å². The Balaban J connectivity index is 2.03. The number of imide groups is 2. The molecule has 7 nitrogen and oxygen atoms in total. The van der Waals surface area contributed by atoms with Crippen molar-refractivity contribution in [2.75, 3.05) is 18.6 Å². The summed E-state index contributed by atoms with van der Waals surface area (Å²) in [6, 6.07) is 7.72. The number of halogens is 1. The van der Waals surface area contributed by atoms with Crippen LogP contribution in [0.4, 0.5) is 10.5 Å². The second-order valence-corrected chi connectivity index (χ2v) is 7.71. The first-order chi connectivity index (χ1) is 14.8. The molecule has 31 heavy (non-hydrogen) atoms. The van der Waals surface area contributed by atoms with Crippen LogP contribution in [0.1, 0.15) is 16.7 Å². The molecular weight excluding hydrogens is 464 g/mol. The second kappa shape index (κ2) is 9.18. The fraction of sp³-hybridized carbons (Fsp3) is 0.174. The molecule has 1 saturated heterocycles. The number of hydrogen-bond acceptors (Lipinski definition) is 5. The molecule has 0 atom stereocenters. The number of nitrogens with zero attached hydrogens (tertiary/aromatic N) is 1. The van der Waals surface area contributed by atoms with Crippen molar-refractivity contribution in [1.29, 1.82) is 0 Å². The first kappa shape index (κ1) is 22.3. The Morgan fingerprint density at radius 3 is 2.48 bits per heavy atom. The van der Waals surface area contributed by atoms with Gasteiger partial charge in [-0.1, -0.05) is 34.7 Å². The monoisotopic (exact) mass is 484 g/mol. The lowest BCUT2D eigenvalue weighted by molar-refractivity contribution is -0.122. The third-order valence-corrected chi connectivity index (χ3v) is 5.48. The highest BCUT2D eigenvalue weighted by atomic mass is 79.9. The molecule has 0 aromatic heterocycles. The predicted molar refractivity (Wildman–Crippen MR) is 121 cm³/mol. The van der Waals surface area contributed by atoms with Crippen LogP contribution < -0.4 is 19.7 Å². The van der Waals surface area contributed by atoms with Crippen LogP contribution >= 0.6 is 15.9 Å². The molecule has 0 spiro atoms. The molecule has 0 radical (unpaired) electrons. The number of urea groups is 1. The summed E-state index contributed by atoms with van der Waals surface area (Å²) in [7, 11) is 1.49. The molecule has 160 valence electrons. The zero-order valence-corrected chi connectivity index (χ0v) is 18.9. The number of hydrogen-bond donors (Lipinski definition) is 1. The van der Waals surface area contributed by atoms with Crippen LogP contribution in [0.5, 0.6) is 11.5 Å². The first-order valence-electron chi connectivity index (χ1n) is 9.36. The molecule has 1 aliphatic heterocycles. The van der Waals surface area contributed by atoms with E-state index in [9.17, 15) is 14.4 Å². The molecule has 0 unspecified atom stereocenters. The van der Waals surface area contributed by atoms with Gasteiger partial charge in [0.1, 0.15) is 12.2 Å². The van der Waals surface area contributed by atoms with Crippen molar-refractivity contribution in [3.05, 3.63) is 69.7 Å². The number of benzene rings is 2. The lowest BCUT2D eigenvalue weighted by Crippen LogP contribution is -2.54. The van der Waals surface area contributed by atoms with E-state index in [-0.39, 0.29) is 12.2 Å². The van der Waals surface area contributed by atoms with Crippen LogP contribution in [0.2, 0.25) is 0 Å². The van der Waals surface area contributed by atoms with Gasteiger partial charge in [0, 0.05) is 4.47 Å². The van der Waals surface area contributed by atoms with Gasteiger partial charge < -0.3 is 9.47 Å². The Labute approximate surface area is 188 Å². The topological polar surface area (TPSA) is 84.9 Å². The van der Waals surface area contributed by atoms with Crippen LogP contribution in [-0.2, 0) is 9.59 Å². The fourth-order valence-electron chi connectivity index (χ4n) is 2.99. The molecule has 1 fully saturated rings. The van der Waals surface area contributed by atoms with Gasteiger partial charge in [-0.05, 0) is 60.9 Å². The number of aryl methyl sites for hydroxylation is 2. The van der Waals surface area contributed by atoms with Crippen LogP contribution in [0.3, 0.4) is 0 Å². The average molecular weight is 485 g/mol. The number of carbonyl (C=O) groups is 3. The number of methoxy groups -OCH3 is 1. The summed E-state index contributed by atoms with van der Waals surface area (Å²) in [6.45, 7) is 7.71. The molecule has 0 bridgehead atoms. The lowest BCUT2D eigenvalue weighted by Gasteiger charge is -2.27. The molecule has 0 saturated carbocycles. The van der Waals surface area contributed by atoms with E-state index >= 15 is 0 Å². The van der Waals surface area contributed by atoms with E-state index in [1.54, 1.807) is 30.3 Å². The summed E-state index contributed by atoms with van der Waals surface area (Å²) in [5, 5.41) is 2.23. The molecule has 1 N–H and O–H groups in total. The molecule has 0 aliphatic carbocycles. The van der Waals surface area contributed by atoms with Crippen molar-refractivity contribution >= 4 is 45.5 Å². The van der Waals surface area contributed by atoms with Gasteiger partial charge in [0.15, 0.2) is 11.5 Å². The number of amides is 4. The predicted octanol–water partition coefficient (Wildman–Crippen LogP) is 4.31. The summed E-state index contributed by atoms with van der Waals surface area (Å²) >= 11 is 3.43. The third kappa shape index (κ3) is 4.54. The van der Waals surface area contributed by atoms with Gasteiger partial charge >= 0.3 is 6.03 Å². The van der Waals surface area contributed by atoms with Crippen LogP contribution in [-0.4, -0.2) is 31.6 Å². The zero-order chi connectivity index (χ0) is 22.7. The maximum atomic E-state index is 13.1. The van der Waals surface area contributed by atoms with E-state index in [1.807, 2.05) is 19.9 Å². The van der Waals surface area contributed by atoms with Crippen LogP contribution in [0.25, 0.3) is 6.08 Å². The lowest BCUT2D eigenvalue weighted by atomic mass is 10.0. The molecule has 1 heterocycles. The highest BCUT2D eigenvalue weighted by Gasteiger charge is 2.37. The summed E-state index contributed by atoms with van der Waals surface area (Å²) in [6.07, 6.45) is 3.01. The number of ether oxygens (including phenoxy) is 2. The van der Waals surface area contributed by atoms with Crippen molar-refractivity contribution in [2.45, 2.75) is 13.8 Å². The average Bonchev–Trinajstić information content (AvgIpc) is 2.73. The summed E-state index contributed by atoms with van der Waals surface area (Å²) in [5.41, 5.74) is 2.66. The standard InChI is InChI=1S/C23H21BrN2O5/c1-5-8-31-20-12-18(24)15(11-19(20)30-4)10-17-21(27)25-23(29)26(22(17)28)16-7-6-13(2)14(3)9-16/h5-7,9-12H,1,8H2,2-4H3,(H,25,27,29). The highest BCUT2D eigenvalue weighted by molar-refractivity contribution is 9.10. The number of carbonyl (C=O) groups excluding carboxylic acids is 3. The van der Waals surface area contributed by atoms with Crippen molar-refractivity contribution in [3.8, 4) is 11.5 Å². The van der Waals surface area contributed by atoms with E-state index in [1.165, 1.54) is 13.2 Å². The van der Waals surface area contributed by atoms with E-state index in [0.29, 0.717) is 27.2 Å². The first-order valence-corrected chi connectivity index (χ1v) is 10.2. The Morgan fingerprint density at radius 1 is 1.10 bits per heavy atom. The van der Waals surface area contributed by atoms with Gasteiger partial charge in [-0.2, -0.15) is 0 Å².